The molecule has 1 aromatic rings. The van der Waals surface area contributed by atoms with Crippen LogP contribution in [0.15, 0.2) is 6.20 Å². The summed E-state index contributed by atoms with van der Waals surface area (Å²) in [6.07, 6.45) is 3.44. The number of aryl methyl sites for hydroxylation is 1. The molecule has 19 heavy (non-hydrogen) atoms. The zero-order chi connectivity index (χ0) is 13.9. The van der Waals surface area contributed by atoms with Gasteiger partial charge in [-0.15, -0.1) is 5.10 Å². The van der Waals surface area contributed by atoms with E-state index in [0.717, 1.165) is 18.5 Å². The monoisotopic (exact) mass is 287 g/mol. The molecule has 1 saturated heterocycles. The molecule has 1 aliphatic heterocycles. The van der Waals surface area contributed by atoms with Crippen molar-refractivity contribution in [1.82, 2.24) is 24.6 Å². The maximum atomic E-state index is 11.7. The van der Waals surface area contributed by atoms with Crippen LogP contribution in [0.1, 0.15) is 25.5 Å². The molecule has 1 aromatic heterocycles. The second-order valence-corrected chi connectivity index (χ2v) is 7.06. The van der Waals surface area contributed by atoms with Crippen LogP contribution in [0.2, 0.25) is 0 Å². The number of rotatable bonds is 5. The molecule has 0 aromatic carbocycles. The van der Waals surface area contributed by atoms with Crippen molar-refractivity contribution in [2.24, 2.45) is 7.05 Å². The van der Waals surface area contributed by atoms with Gasteiger partial charge in [-0.05, 0) is 19.8 Å². The normalized spacial score (nSPS) is 18.8. The van der Waals surface area contributed by atoms with Gasteiger partial charge < -0.3 is 5.32 Å². The molecule has 0 radical (unpaired) electrons. The van der Waals surface area contributed by atoms with Crippen LogP contribution < -0.4 is 5.32 Å². The third-order valence-electron chi connectivity index (χ3n) is 3.59. The summed E-state index contributed by atoms with van der Waals surface area (Å²) in [5.74, 6) is 0.186. The lowest BCUT2D eigenvalue weighted by atomic mass is 10.1. The van der Waals surface area contributed by atoms with E-state index in [4.69, 9.17) is 0 Å². The summed E-state index contributed by atoms with van der Waals surface area (Å²) < 4.78 is 26.8. The van der Waals surface area contributed by atoms with Gasteiger partial charge in [0.1, 0.15) is 0 Å². The molecule has 108 valence electrons. The molecule has 0 atom stereocenters. The second kappa shape index (κ2) is 5.98. The van der Waals surface area contributed by atoms with Crippen molar-refractivity contribution in [2.75, 3.05) is 18.8 Å². The van der Waals surface area contributed by atoms with E-state index in [0.29, 0.717) is 25.7 Å². The van der Waals surface area contributed by atoms with Crippen molar-refractivity contribution >= 4 is 10.0 Å². The average molecular weight is 287 g/mol. The zero-order valence-corrected chi connectivity index (χ0v) is 12.2. The fraction of sp³-hybridized carbons (Fsp3) is 0.818. The number of hydrogen-bond donors (Lipinski definition) is 1. The van der Waals surface area contributed by atoms with Gasteiger partial charge in [0, 0.05) is 32.7 Å². The van der Waals surface area contributed by atoms with Gasteiger partial charge >= 0.3 is 0 Å². The van der Waals surface area contributed by atoms with Gasteiger partial charge in [0.25, 0.3) is 0 Å². The smallest absolute Gasteiger partial charge is 0.213 e. The van der Waals surface area contributed by atoms with E-state index in [1.807, 2.05) is 7.05 Å². The van der Waals surface area contributed by atoms with E-state index in [1.54, 1.807) is 22.1 Å². The number of piperidine rings is 1. The molecule has 8 heteroatoms. The van der Waals surface area contributed by atoms with E-state index in [-0.39, 0.29) is 5.75 Å². The number of nitrogens with zero attached hydrogens (tertiary/aromatic N) is 4. The first-order valence-electron chi connectivity index (χ1n) is 6.57. The van der Waals surface area contributed by atoms with Crippen molar-refractivity contribution in [3.05, 3.63) is 11.9 Å². The van der Waals surface area contributed by atoms with Crippen LogP contribution in [0.4, 0.5) is 0 Å². The highest BCUT2D eigenvalue weighted by Crippen LogP contribution is 2.14. The zero-order valence-electron chi connectivity index (χ0n) is 11.4. The Bertz CT molecular complexity index is 505. The van der Waals surface area contributed by atoms with E-state index < -0.39 is 10.0 Å². The van der Waals surface area contributed by atoms with Crippen LogP contribution in [-0.2, 0) is 23.6 Å². The largest absolute Gasteiger partial charge is 0.308 e. The topological polar surface area (TPSA) is 80.1 Å². The Morgan fingerprint density at radius 2 is 2.11 bits per heavy atom. The Morgan fingerprint density at radius 3 is 2.63 bits per heavy atom. The van der Waals surface area contributed by atoms with Gasteiger partial charge in [-0.1, -0.05) is 5.21 Å². The first-order valence-corrected chi connectivity index (χ1v) is 8.18. The molecule has 1 aliphatic rings. The van der Waals surface area contributed by atoms with Gasteiger partial charge in [-0.2, -0.15) is 0 Å². The fourth-order valence-corrected chi connectivity index (χ4v) is 3.37. The maximum absolute atomic E-state index is 11.7. The van der Waals surface area contributed by atoms with Crippen LogP contribution in [0, 0.1) is 0 Å². The van der Waals surface area contributed by atoms with Crippen LogP contribution in [0.5, 0.6) is 0 Å². The molecule has 1 N–H and O–H groups in total. The lowest BCUT2D eigenvalue weighted by Gasteiger charge is -2.31. The number of sulfonamides is 1. The van der Waals surface area contributed by atoms with Crippen molar-refractivity contribution < 1.29 is 8.42 Å². The molecule has 0 spiro atoms. The number of aromatic nitrogens is 3. The second-order valence-electron chi connectivity index (χ2n) is 4.80. The molecule has 2 heterocycles. The minimum absolute atomic E-state index is 0.186. The third kappa shape index (κ3) is 3.52. The number of nitrogens with one attached hydrogen (secondary N) is 1. The minimum atomic E-state index is -3.03. The van der Waals surface area contributed by atoms with Crippen LogP contribution in [0.3, 0.4) is 0 Å². The molecule has 2 rings (SSSR count). The van der Waals surface area contributed by atoms with E-state index in [9.17, 15) is 8.42 Å². The molecular weight excluding hydrogens is 266 g/mol. The number of hydrogen-bond acceptors (Lipinski definition) is 5. The highest BCUT2D eigenvalue weighted by atomic mass is 32.2. The van der Waals surface area contributed by atoms with Gasteiger partial charge in [0.05, 0.1) is 17.6 Å². The first-order chi connectivity index (χ1) is 9.03. The highest BCUT2D eigenvalue weighted by molar-refractivity contribution is 7.89. The molecule has 0 unspecified atom stereocenters. The molecule has 0 aliphatic carbocycles. The SMILES string of the molecule is CCS(=O)(=O)N1CCC(NCc2cnnn2C)CC1. The van der Waals surface area contributed by atoms with E-state index in [2.05, 4.69) is 15.6 Å². The maximum Gasteiger partial charge on any atom is 0.213 e. The summed E-state index contributed by atoms with van der Waals surface area (Å²) in [7, 11) is -1.17. The molecule has 0 bridgehead atoms. The predicted molar refractivity (Wildman–Crippen MR) is 71.9 cm³/mol. The van der Waals surface area contributed by atoms with Crippen molar-refractivity contribution in [3.63, 3.8) is 0 Å². The Balaban J connectivity index is 1.80. The molecule has 7 nitrogen and oxygen atoms in total. The summed E-state index contributed by atoms with van der Waals surface area (Å²) in [4.78, 5) is 0. The van der Waals surface area contributed by atoms with Crippen LogP contribution in [0.25, 0.3) is 0 Å². The summed E-state index contributed by atoms with van der Waals surface area (Å²) >= 11 is 0. The summed E-state index contributed by atoms with van der Waals surface area (Å²) in [6.45, 7) is 3.62. The third-order valence-corrected chi connectivity index (χ3v) is 5.47. The molecule has 1 fully saturated rings. The minimum Gasteiger partial charge on any atom is -0.308 e. The van der Waals surface area contributed by atoms with Crippen molar-refractivity contribution in [1.29, 1.82) is 0 Å². The lowest BCUT2D eigenvalue weighted by molar-refractivity contribution is 0.287. The molecule has 0 saturated carbocycles. The van der Waals surface area contributed by atoms with Gasteiger partial charge in [0.15, 0.2) is 0 Å². The predicted octanol–water partition coefficient (Wildman–Crippen LogP) is -0.281. The average Bonchev–Trinajstić information content (AvgIpc) is 2.82. The quantitative estimate of drug-likeness (QED) is 0.805. The summed E-state index contributed by atoms with van der Waals surface area (Å²) in [5, 5.41) is 11.1. The van der Waals surface area contributed by atoms with Gasteiger partial charge in [-0.3, -0.25) is 4.68 Å². The fourth-order valence-electron chi connectivity index (χ4n) is 2.24. The summed E-state index contributed by atoms with van der Waals surface area (Å²) in [5.41, 5.74) is 1.03. The van der Waals surface area contributed by atoms with Gasteiger partial charge in [-0.25, -0.2) is 12.7 Å². The van der Waals surface area contributed by atoms with Gasteiger partial charge in [0.2, 0.25) is 10.0 Å². The van der Waals surface area contributed by atoms with E-state index in [1.165, 1.54) is 0 Å². The van der Waals surface area contributed by atoms with Crippen LogP contribution in [-0.4, -0.2) is 52.6 Å². The van der Waals surface area contributed by atoms with Crippen LogP contribution >= 0.6 is 0 Å². The Hall–Kier alpha value is -0.990. The first kappa shape index (κ1) is 14.4. The Morgan fingerprint density at radius 1 is 1.42 bits per heavy atom. The summed E-state index contributed by atoms with van der Waals surface area (Å²) in [6, 6.07) is 0.359. The molecular formula is C11H21N5O2S. The highest BCUT2D eigenvalue weighted by Gasteiger charge is 2.26. The van der Waals surface area contributed by atoms with Crippen molar-refractivity contribution in [3.8, 4) is 0 Å². The Kier molecular flexibility index (Phi) is 4.54. The Labute approximate surface area is 114 Å². The molecule has 0 amide bonds. The van der Waals surface area contributed by atoms with Crippen molar-refractivity contribution in [2.45, 2.75) is 32.4 Å². The standard InChI is InChI=1S/C11H21N5O2S/c1-3-19(17,18)16-6-4-10(5-7-16)12-8-11-9-13-14-15(11)2/h9-10,12H,3-8H2,1-2H3. The van der Waals surface area contributed by atoms with E-state index >= 15 is 0 Å². The lowest BCUT2D eigenvalue weighted by Crippen LogP contribution is -2.45.